The number of thiazole rings is 1. The van der Waals surface area contributed by atoms with Crippen molar-refractivity contribution in [2.75, 3.05) is 31.8 Å². The minimum atomic E-state index is -0.141. The Hall–Kier alpha value is -1.34. The van der Waals surface area contributed by atoms with E-state index in [2.05, 4.69) is 10.3 Å². The van der Waals surface area contributed by atoms with Crippen LogP contribution in [0.2, 0.25) is 0 Å². The van der Waals surface area contributed by atoms with Gasteiger partial charge in [0, 0.05) is 27.2 Å². The highest BCUT2D eigenvalue weighted by Crippen LogP contribution is 2.28. The molecule has 1 aromatic heterocycles. The second-order valence-corrected chi connectivity index (χ2v) is 5.58. The van der Waals surface area contributed by atoms with Gasteiger partial charge in [-0.05, 0) is 12.8 Å². The van der Waals surface area contributed by atoms with Crippen LogP contribution in [0.1, 0.15) is 22.5 Å². The van der Waals surface area contributed by atoms with Gasteiger partial charge in [-0.25, -0.2) is 4.98 Å². The van der Waals surface area contributed by atoms with Gasteiger partial charge in [0.2, 0.25) is 0 Å². The molecule has 0 aliphatic heterocycles. The predicted octanol–water partition coefficient (Wildman–Crippen LogP) is 0.699. The highest BCUT2D eigenvalue weighted by Gasteiger charge is 2.31. The first-order valence-corrected chi connectivity index (χ1v) is 6.60. The summed E-state index contributed by atoms with van der Waals surface area (Å²) in [6, 6.07) is 0.187. The predicted molar refractivity (Wildman–Crippen MR) is 72.1 cm³/mol. The van der Waals surface area contributed by atoms with Crippen molar-refractivity contribution in [3.05, 3.63) is 4.88 Å². The zero-order valence-electron chi connectivity index (χ0n) is 10.8. The van der Waals surface area contributed by atoms with Crippen LogP contribution in [0, 0.1) is 0 Å². The molecule has 18 heavy (non-hydrogen) atoms. The van der Waals surface area contributed by atoms with Crippen molar-refractivity contribution in [2.45, 2.75) is 25.0 Å². The first-order chi connectivity index (χ1) is 8.51. The number of hydrogen-bond acceptors (Lipinski definition) is 6. The van der Waals surface area contributed by atoms with Crippen molar-refractivity contribution < 1.29 is 9.53 Å². The summed E-state index contributed by atoms with van der Waals surface area (Å²) in [5.74, 6) is 0.154. The second kappa shape index (κ2) is 5.11. The Bertz CT molecular complexity index is 440. The smallest absolute Gasteiger partial charge is 0.265 e. The van der Waals surface area contributed by atoms with Crippen LogP contribution in [-0.2, 0) is 4.74 Å². The zero-order chi connectivity index (χ0) is 13.3. The van der Waals surface area contributed by atoms with Gasteiger partial charge < -0.3 is 20.7 Å². The SMILES string of the molecule is COC1CC(NC(=O)c2sc(N(C)C)nc2N)C1. The molecule has 100 valence electrons. The minimum Gasteiger partial charge on any atom is -0.382 e. The summed E-state index contributed by atoms with van der Waals surface area (Å²) < 4.78 is 5.17. The largest absolute Gasteiger partial charge is 0.382 e. The molecule has 0 spiro atoms. The number of rotatable bonds is 4. The molecule has 1 aliphatic rings. The standard InChI is InChI=1S/C11H18N4O2S/c1-15(2)11-14-9(12)8(18-11)10(16)13-6-4-7(5-6)17-3/h6-7H,4-5,12H2,1-3H3,(H,13,16). The highest BCUT2D eigenvalue weighted by atomic mass is 32.1. The van der Waals surface area contributed by atoms with Crippen molar-refractivity contribution in [2.24, 2.45) is 0 Å². The van der Waals surface area contributed by atoms with E-state index in [0.29, 0.717) is 10.7 Å². The molecule has 0 unspecified atom stereocenters. The van der Waals surface area contributed by atoms with Gasteiger partial charge in [0.1, 0.15) is 10.7 Å². The fraction of sp³-hybridized carbons (Fsp3) is 0.636. The molecule has 1 aromatic rings. The monoisotopic (exact) mass is 270 g/mol. The van der Waals surface area contributed by atoms with E-state index < -0.39 is 0 Å². The molecule has 0 aromatic carbocycles. The van der Waals surface area contributed by atoms with E-state index in [4.69, 9.17) is 10.5 Å². The number of ether oxygens (including phenoxy) is 1. The third-order valence-corrected chi connectivity index (χ3v) is 4.23. The lowest BCUT2D eigenvalue weighted by Crippen LogP contribution is -2.47. The number of methoxy groups -OCH3 is 1. The normalized spacial score (nSPS) is 22.4. The Morgan fingerprint density at radius 2 is 2.22 bits per heavy atom. The van der Waals surface area contributed by atoms with Gasteiger partial charge >= 0.3 is 0 Å². The summed E-state index contributed by atoms with van der Waals surface area (Å²) in [6.45, 7) is 0. The number of carbonyl (C=O) groups is 1. The Morgan fingerprint density at radius 1 is 1.56 bits per heavy atom. The van der Waals surface area contributed by atoms with Crippen molar-refractivity contribution in [1.82, 2.24) is 10.3 Å². The van der Waals surface area contributed by atoms with Crippen LogP contribution in [0.3, 0.4) is 0 Å². The van der Waals surface area contributed by atoms with Crippen LogP contribution >= 0.6 is 11.3 Å². The molecule has 0 bridgehead atoms. The minimum absolute atomic E-state index is 0.141. The summed E-state index contributed by atoms with van der Waals surface area (Å²) in [5.41, 5.74) is 5.76. The third kappa shape index (κ3) is 2.56. The number of nitrogens with one attached hydrogen (secondary N) is 1. The Labute approximate surface area is 110 Å². The van der Waals surface area contributed by atoms with Crippen molar-refractivity contribution in [3.63, 3.8) is 0 Å². The maximum atomic E-state index is 12.0. The van der Waals surface area contributed by atoms with Gasteiger partial charge in [-0.2, -0.15) is 0 Å². The number of carbonyl (C=O) groups excluding carboxylic acids is 1. The lowest BCUT2D eigenvalue weighted by atomic mass is 9.89. The Morgan fingerprint density at radius 3 is 2.72 bits per heavy atom. The summed E-state index contributed by atoms with van der Waals surface area (Å²) in [7, 11) is 5.43. The van der Waals surface area contributed by atoms with Gasteiger partial charge in [-0.1, -0.05) is 11.3 Å². The van der Waals surface area contributed by atoms with Crippen molar-refractivity contribution in [3.8, 4) is 0 Å². The van der Waals surface area contributed by atoms with Gasteiger partial charge in [0.15, 0.2) is 5.13 Å². The van der Waals surface area contributed by atoms with E-state index in [1.54, 1.807) is 7.11 Å². The maximum Gasteiger partial charge on any atom is 0.265 e. The summed E-state index contributed by atoms with van der Waals surface area (Å²) in [5, 5.41) is 3.68. The van der Waals surface area contributed by atoms with Crippen molar-refractivity contribution >= 4 is 28.2 Å². The topological polar surface area (TPSA) is 80.5 Å². The molecular weight excluding hydrogens is 252 g/mol. The number of nitrogens with two attached hydrogens (primary N) is 1. The van der Waals surface area contributed by atoms with Crippen LogP contribution in [0.5, 0.6) is 0 Å². The molecule has 1 fully saturated rings. The molecule has 6 nitrogen and oxygen atoms in total. The van der Waals surface area contributed by atoms with E-state index >= 15 is 0 Å². The summed E-state index contributed by atoms with van der Waals surface area (Å²) in [4.78, 5) is 18.5. The molecule has 1 heterocycles. The summed E-state index contributed by atoms with van der Waals surface area (Å²) >= 11 is 1.31. The van der Waals surface area contributed by atoms with E-state index in [9.17, 15) is 4.79 Å². The molecule has 1 amide bonds. The molecular formula is C11H18N4O2S. The van der Waals surface area contributed by atoms with Crippen molar-refractivity contribution in [1.29, 1.82) is 0 Å². The molecule has 7 heteroatoms. The average Bonchev–Trinajstić information content (AvgIpc) is 2.65. The first-order valence-electron chi connectivity index (χ1n) is 5.78. The van der Waals surface area contributed by atoms with E-state index in [0.717, 1.165) is 18.0 Å². The van der Waals surface area contributed by atoms with Crippen LogP contribution in [-0.4, -0.2) is 44.2 Å². The summed E-state index contributed by atoms with van der Waals surface area (Å²) in [6.07, 6.45) is 2.00. The van der Waals surface area contributed by atoms with Crippen LogP contribution in [0.4, 0.5) is 10.9 Å². The quantitative estimate of drug-likeness (QED) is 0.841. The fourth-order valence-corrected chi connectivity index (χ4v) is 2.61. The van der Waals surface area contributed by atoms with Gasteiger partial charge in [-0.3, -0.25) is 4.79 Å². The highest BCUT2D eigenvalue weighted by molar-refractivity contribution is 7.18. The van der Waals surface area contributed by atoms with Crippen LogP contribution in [0.25, 0.3) is 0 Å². The average molecular weight is 270 g/mol. The number of anilines is 2. The molecule has 0 saturated heterocycles. The number of nitrogen functional groups attached to an aromatic ring is 1. The molecule has 3 N–H and O–H groups in total. The van der Waals surface area contributed by atoms with Gasteiger partial charge in [0.05, 0.1) is 6.10 Å². The van der Waals surface area contributed by atoms with Crippen LogP contribution < -0.4 is 16.0 Å². The first kappa shape index (κ1) is 13.1. The van der Waals surface area contributed by atoms with Gasteiger partial charge in [-0.15, -0.1) is 0 Å². The number of aromatic nitrogens is 1. The molecule has 2 rings (SSSR count). The third-order valence-electron chi connectivity index (χ3n) is 2.99. The number of amides is 1. The van der Waals surface area contributed by atoms with E-state index in [1.165, 1.54) is 11.3 Å². The Kier molecular flexibility index (Phi) is 3.72. The zero-order valence-corrected chi connectivity index (χ0v) is 11.6. The molecule has 1 aliphatic carbocycles. The number of hydrogen-bond donors (Lipinski definition) is 2. The van der Waals surface area contributed by atoms with E-state index in [-0.39, 0.29) is 18.1 Å². The van der Waals surface area contributed by atoms with Crippen LogP contribution in [0.15, 0.2) is 0 Å². The number of nitrogens with zero attached hydrogens (tertiary/aromatic N) is 2. The van der Waals surface area contributed by atoms with E-state index in [1.807, 2.05) is 19.0 Å². The lowest BCUT2D eigenvalue weighted by molar-refractivity contribution is 0.0177. The maximum absolute atomic E-state index is 12.0. The second-order valence-electron chi connectivity index (χ2n) is 4.60. The Balaban J connectivity index is 1.97. The molecule has 1 saturated carbocycles. The lowest BCUT2D eigenvalue weighted by Gasteiger charge is -2.34. The molecule has 0 atom stereocenters. The fourth-order valence-electron chi connectivity index (χ4n) is 1.80. The molecule has 0 radical (unpaired) electrons. The van der Waals surface area contributed by atoms with Gasteiger partial charge in [0.25, 0.3) is 5.91 Å².